The van der Waals surface area contributed by atoms with Crippen molar-refractivity contribution in [3.05, 3.63) is 46.7 Å². The van der Waals surface area contributed by atoms with Crippen LogP contribution in [0.4, 0.5) is 4.79 Å². The Morgan fingerprint density at radius 1 is 1.27 bits per heavy atom. The smallest absolute Gasteiger partial charge is 0.410 e. The summed E-state index contributed by atoms with van der Waals surface area (Å²) in [6.07, 6.45) is 3.86. The zero-order valence-corrected chi connectivity index (χ0v) is 14.6. The van der Waals surface area contributed by atoms with Crippen LogP contribution in [0.2, 0.25) is 0 Å². The molecule has 0 atom stereocenters. The molecule has 0 fully saturated rings. The molecule has 0 aromatic carbocycles. The van der Waals surface area contributed by atoms with Crippen LogP contribution >= 0.6 is 15.9 Å². The fourth-order valence-corrected chi connectivity index (χ4v) is 2.90. The van der Waals surface area contributed by atoms with Crippen molar-refractivity contribution in [1.82, 2.24) is 9.30 Å². The number of pyridine rings is 1. The number of aromatic nitrogens is 1. The topological polar surface area (TPSA) is 34.0 Å². The molecule has 3 rings (SSSR count). The normalized spacial score (nSPS) is 15.3. The van der Waals surface area contributed by atoms with Gasteiger partial charge in [0.15, 0.2) is 0 Å². The van der Waals surface area contributed by atoms with Gasteiger partial charge in [0.1, 0.15) is 5.60 Å². The van der Waals surface area contributed by atoms with Crippen LogP contribution in [0, 0.1) is 0 Å². The second kappa shape index (κ2) is 5.47. The highest BCUT2D eigenvalue weighted by atomic mass is 79.9. The molecule has 0 spiro atoms. The predicted molar refractivity (Wildman–Crippen MR) is 90.9 cm³/mol. The van der Waals surface area contributed by atoms with Crippen LogP contribution < -0.4 is 0 Å². The summed E-state index contributed by atoms with van der Waals surface area (Å²) in [7, 11) is 0. The number of rotatable bonds is 1. The zero-order valence-electron chi connectivity index (χ0n) is 13.0. The number of halogens is 1. The van der Waals surface area contributed by atoms with Crippen molar-refractivity contribution in [2.24, 2.45) is 0 Å². The lowest BCUT2D eigenvalue weighted by Crippen LogP contribution is -2.35. The molecule has 0 saturated heterocycles. The van der Waals surface area contributed by atoms with E-state index >= 15 is 0 Å². The number of amides is 1. The van der Waals surface area contributed by atoms with Crippen LogP contribution in [0.25, 0.3) is 11.1 Å². The van der Waals surface area contributed by atoms with Gasteiger partial charge in [-0.1, -0.05) is 22.0 Å². The minimum atomic E-state index is -0.464. The maximum Gasteiger partial charge on any atom is 0.410 e. The summed E-state index contributed by atoms with van der Waals surface area (Å²) in [6, 6.07) is 8.26. The van der Waals surface area contributed by atoms with Crippen molar-refractivity contribution in [1.29, 1.82) is 0 Å². The Kier molecular flexibility index (Phi) is 3.77. The summed E-state index contributed by atoms with van der Waals surface area (Å²) in [5.41, 5.74) is 2.93. The Bertz CT molecular complexity index is 756. The highest BCUT2D eigenvalue weighted by Gasteiger charge is 2.26. The lowest BCUT2D eigenvalue weighted by Gasteiger charge is -2.24. The van der Waals surface area contributed by atoms with E-state index in [2.05, 4.69) is 44.6 Å². The summed E-state index contributed by atoms with van der Waals surface area (Å²) >= 11 is 3.48. The van der Waals surface area contributed by atoms with Crippen molar-refractivity contribution < 1.29 is 9.53 Å². The Morgan fingerprint density at radius 2 is 2.05 bits per heavy atom. The highest BCUT2D eigenvalue weighted by Crippen LogP contribution is 2.26. The first-order valence-electron chi connectivity index (χ1n) is 7.27. The summed E-state index contributed by atoms with van der Waals surface area (Å²) in [6.45, 7) is 6.82. The van der Waals surface area contributed by atoms with Crippen LogP contribution in [0.3, 0.4) is 0 Å². The van der Waals surface area contributed by atoms with Gasteiger partial charge >= 0.3 is 6.09 Å². The number of nitrogens with zero attached hydrogens (tertiary/aromatic N) is 2. The van der Waals surface area contributed by atoms with Crippen LogP contribution in [-0.2, 0) is 4.74 Å². The quantitative estimate of drug-likeness (QED) is 0.756. The van der Waals surface area contributed by atoms with E-state index in [1.165, 1.54) is 0 Å². The molecule has 0 N–H and O–H groups in total. The summed E-state index contributed by atoms with van der Waals surface area (Å²) < 4.78 is 8.62. The van der Waals surface area contributed by atoms with Crippen molar-refractivity contribution in [3.8, 4) is 0 Å². The Balaban J connectivity index is 1.78. The monoisotopic (exact) mass is 362 g/mol. The van der Waals surface area contributed by atoms with Gasteiger partial charge in [-0.3, -0.25) is 0 Å². The molecule has 2 aromatic rings. The number of hydrogen-bond donors (Lipinski definition) is 0. The van der Waals surface area contributed by atoms with Gasteiger partial charge in [0, 0.05) is 22.7 Å². The van der Waals surface area contributed by atoms with Crippen molar-refractivity contribution in [2.75, 3.05) is 13.1 Å². The van der Waals surface area contributed by atoms with Crippen molar-refractivity contribution in [2.45, 2.75) is 26.4 Å². The van der Waals surface area contributed by atoms with E-state index in [9.17, 15) is 4.79 Å². The van der Waals surface area contributed by atoms with Crippen molar-refractivity contribution >= 4 is 33.1 Å². The molecule has 0 radical (unpaired) electrons. The average Bonchev–Trinajstić information content (AvgIpc) is 3.01. The molecule has 0 unspecified atom stereocenters. The summed E-state index contributed by atoms with van der Waals surface area (Å²) in [4.78, 5) is 13.9. The first-order chi connectivity index (χ1) is 10.3. The van der Waals surface area contributed by atoms with Crippen LogP contribution in [0.15, 0.2) is 41.0 Å². The second-order valence-corrected chi connectivity index (χ2v) is 7.36. The number of carbonyl (C=O) groups is 1. The number of ether oxygens (including phenoxy) is 1. The minimum Gasteiger partial charge on any atom is -0.444 e. The molecule has 0 aliphatic carbocycles. The lowest BCUT2D eigenvalue weighted by atomic mass is 10.2. The van der Waals surface area contributed by atoms with Crippen molar-refractivity contribution in [3.63, 3.8) is 0 Å². The number of fused-ring (bicyclic) bond motifs is 1. The molecule has 1 aliphatic heterocycles. The van der Waals surface area contributed by atoms with Crippen LogP contribution in [0.1, 0.15) is 26.5 Å². The largest absolute Gasteiger partial charge is 0.444 e. The molecule has 1 amide bonds. The van der Waals surface area contributed by atoms with Gasteiger partial charge in [-0.2, -0.15) is 0 Å². The SMILES string of the molecule is CC(C)(C)OC(=O)N1CC=C(c2ccc3cc(Br)ccn23)C1. The molecule has 3 heterocycles. The van der Waals surface area contributed by atoms with E-state index in [0.29, 0.717) is 13.1 Å². The van der Waals surface area contributed by atoms with Gasteiger partial charge in [-0.05, 0) is 50.6 Å². The van der Waals surface area contributed by atoms with Crippen LogP contribution in [0.5, 0.6) is 0 Å². The molecule has 5 heteroatoms. The molecular weight excluding hydrogens is 344 g/mol. The molecule has 2 aromatic heterocycles. The standard InChI is InChI=1S/C17H19BrN2O2/c1-17(2,3)22-16(21)19-8-6-12(11-19)15-5-4-14-10-13(18)7-9-20(14)15/h4-7,9-10H,8,11H2,1-3H3. The molecule has 0 saturated carbocycles. The first-order valence-corrected chi connectivity index (χ1v) is 8.07. The zero-order chi connectivity index (χ0) is 15.9. The van der Waals surface area contributed by atoms with E-state index in [1.807, 2.05) is 33.0 Å². The van der Waals surface area contributed by atoms with Gasteiger partial charge in [0.25, 0.3) is 0 Å². The molecule has 116 valence electrons. The summed E-state index contributed by atoms with van der Waals surface area (Å²) in [5, 5.41) is 0. The van der Waals surface area contributed by atoms with E-state index in [4.69, 9.17) is 4.74 Å². The van der Waals surface area contributed by atoms with Gasteiger partial charge in [-0.25, -0.2) is 4.79 Å². The highest BCUT2D eigenvalue weighted by molar-refractivity contribution is 9.10. The average molecular weight is 363 g/mol. The van der Waals surface area contributed by atoms with E-state index in [1.54, 1.807) is 4.90 Å². The number of carbonyl (C=O) groups excluding carboxylic acids is 1. The Labute approximate surface area is 138 Å². The van der Waals surface area contributed by atoms with Gasteiger partial charge in [0.05, 0.1) is 12.2 Å². The number of hydrogen-bond acceptors (Lipinski definition) is 2. The minimum absolute atomic E-state index is 0.262. The van der Waals surface area contributed by atoms with E-state index < -0.39 is 5.60 Å². The van der Waals surface area contributed by atoms with E-state index in [0.717, 1.165) is 21.3 Å². The fraction of sp³-hybridized carbons (Fsp3) is 0.353. The van der Waals surface area contributed by atoms with Crippen LogP contribution in [-0.4, -0.2) is 34.1 Å². The molecule has 4 nitrogen and oxygen atoms in total. The maximum absolute atomic E-state index is 12.1. The maximum atomic E-state index is 12.1. The molecular formula is C17H19BrN2O2. The van der Waals surface area contributed by atoms with Gasteiger partial charge < -0.3 is 14.0 Å². The first kappa shape index (κ1) is 15.2. The Morgan fingerprint density at radius 3 is 2.77 bits per heavy atom. The molecule has 22 heavy (non-hydrogen) atoms. The lowest BCUT2D eigenvalue weighted by molar-refractivity contribution is 0.0306. The summed E-state index contributed by atoms with van der Waals surface area (Å²) in [5.74, 6) is 0. The molecule has 1 aliphatic rings. The Hall–Kier alpha value is -1.75. The van der Waals surface area contributed by atoms with Gasteiger partial charge in [0.2, 0.25) is 0 Å². The predicted octanol–water partition coefficient (Wildman–Crippen LogP) is 4.34. The van der Waals surface area contributed by atoms with E-state index in [-0.39, 0.29) is 6.09 Å². The third-order valence-corrected chi connectivity index (χ3v) is 4.01. The third kappa shape index (κ3) is 3.04. The second-order valence-electron chi connectivity index (χ2n) is 6.45. The van der Waals surface area contributed by atoms with Gasteiger partial charge in [-0.15, -0.1) is 0 Å². The third-order valence-electron chi connectivity index (χ3n) is 3.52. The molecule has 0 bridgehead atoms. The fourth-order valence-electron chi connectivity index (χ4n) is 2.55.